The Bertz CT molecular complexity index is 565. The molecule has 1 amide bonds. The molecule has 0 unspecified atom stereocenters. The van der Waals surface area contributed by atoms with Gasteiger partial charge in [0, 0.05) is 18.5 Å². The fraction of sp³-hybridized carbons (Fsp3) is 0.467. The van der Waals surface area contributed by atoms with Crippen molar-refractivity contribution in [2.45, 2.75) is 25.8 Å². The summed E-state index contributed by atoms with van der Waals surface area (Å²) in [6, 6.07) is 4.65. The maximum Gasteiger partial charge on any atom is 0.231 e. The van der Waals surface area contributed by atoms with Crippen LogP contribution in [0.15, 0.2) is 18.2 Å². The minimum absolute atomic E-state index is 0.0617. The van der Waals surface area contributed by atoms with Gasteiger partial charge in [0.1, 0.15) is 0 Å². The van der Waals surface area contributed by atoms with Crippen molar-refractivity contribution < 1.29 is 19.1 Å². The first-order valence-electron chi connectivity index (χ1n) is 6.78. The lowest BCUT2D eigenvalue weighted by Gasteiger charge is -2.24. The molecule has 3 rings (SSSR count). The van der Waals surface area contributed by atoms with E-state index in [-0.39, 0.29) is 24.4 Å². The highest BCUT2D eigenvalue weighted by atomic mass is 16.7. The quantitative estimate of drug-likeness (QED) is 0.787. The van der Waals surface area contributed by atoms with Crippen LogP contribution in [-0.4, -0.2) is 36.5 Å². The molecule has 1 heterocycles. The van der Waals surface area contributed by atoms with Gasteiger partial charge in [-0.05, 0) is 38.0 Å². The Hall–Kier alpha value is -2.04. The molecular formula is C15H17NO4. The van der Waals surface area contributed by atoms with Crippen molar-refractivity contribution in [3.63, 3.8) is 0 Å². The first kappa shape index (κ1) is 13.0. The Kier molecular flexibility index (Phi) is 3.12. The van der Waals surface area contributed by atoms with Gasteiger partial charge >= 0.3 is 0 Å². The first-order chi connectivity index (χ1) is 9.58. The topological polar surface area (TPSA) is 55.8 Å². The Labute approximate surface area is 117 Å². The van der Waals surface area contributed by atoms with Crippen LogP contribution in [0.1, 0.15) is 30.1 Å². The molecule has 5 heteroatoms. The third-order valence-corrected chi connectivity index (χ3v) is 3.89. The molecule has 1 atom stereocenters. The monoisotopic (exact) mass is 275 g/mol. The van der Waals surface area contributed by atoms with E-state index < -0.39 is 6.04 Å². The number of carbonyl (C=O) groups excluding carboxylic acids is 2. The normalized spacial score (nSPS) is 17.7. The highest BCUT2D eigenvalue weighted by molar-refractivity contribution is 6.02. The van der Waals surface area contributed by atoms with E-state index in [1.807, 2.05) is 0 Å². The van der Waals surface area contributed by atoms with Crippen LogP contribution in [0.3, 0.4) is 0 Å². The molecule has 0 saturated heterocycles. The van der Waals surface area contributed by atoms with Gasteiger partial charge in [-0.1, -0.05) is 0 Å². The third-order valence-electron chi connectivity index (χ3n) is 3.89. The van der Waals surface area contributed by atoms with E-state index in [1.165, 1.54) is 0 Å². The number of hydrogen-bond acceptors (Lipinski definition) is 4. The van der Waals surface area contributed by atoms with Crippen molar-refractivity contribution in [1.82, 2.24) is 4.90 Å². The third kappa shape index (κ3) is 2.24. The summed E-state index contributed by atoms with van der Waals surface area (Å²) >= 11 is 0. The van der Waals surface area contributed by atoms with Crippen molar-refractivity contribution in [3.05, 3.63) is 23.8 Å². The zero-order valence-corrected chi connectivity index (χ0v) is 11.6. The summed E-state index contributed by atoms with van der Waals surface area (Å²) < 4.78 is 10.5. The van der Waals surface area contributed by atoms with Crippen molar-refractivity contribution in [2.75, 3.05) is 13.8 Å². The van der Waals surface area contributed by atoms with E-state index in [0.29, 0.717) is 17.1 Å². The van der Waals surface area contributed by atoms with Crippen LogP contribution in [0.2, 0.25) is 0 Å². The average molecular weight is 275 g/mol. The molecule has 20 heavy (non-hydrogen) atoms. The van der Waals surface area contributed by atoms with Gasteiger partial charge in [-0.25, -0.2) is 0 Å². The predicted octanol–water partition coefficient (Wildman–Crippen LogP) is 1.85. The van der Waals surface area contributed by atoms with Gasteiger partial charge in [0.25, 0.3) is 0 Å². The molecule has 0 radical (unpaired) electrons. The molecule has 5 nitrogen and oxygen atoms in total. The molecule has 1 fully saturated rings. The summed E-state index contributed by atoms with van der Waals surface area (Å²) in [7, 11) is 1.69. The second-order valence-corrected chi connectivity index (χ2v) is 5.33. The van der Waals surface area contributed by atoms with E-state index in [9.17, 15) is 9.59 Å². The number of nitrogens with zero attached hydrogens (tertiary/aromatic N) is 1. The van der Waals surface area contributed by atoms with Gasteiger partial charge in [-0.3, -0.25) is 9.59 Å². The predicted molar refractivity (Wildman–Crippen MR) is 71.9 cm³/mol. The smallest absolute Gasteiger partial charge is 0.231 e. The molecule has 2 aliphatic rings. The van der Waals surface area contributed by atoms with E-state index in [4.69, 9.17) is 9.47 Å². The van der Waals surface area contributed by atoms with Crippen LogP contribution in [0.5, 0.6) is 11.5 Å². The van der Waals surface area contributed by atoms with Crippen LogP contribution in [0.25, 0.3) is 0 Å². The van der Waals surface area contributed by atoms with E-state index in [1.54, 1.807) is 37.1 Å². The largest absolute Gasteiger partial charge is 0.454 e. The van der Waals surface area contributed by atoms with Gasteiger partial charge in [0.2, 0.25) is 12.7 Å². The average Bonchev–Trinajstić information content (AvgIpc) is 3.21. The maximum absolute atomic E-state index is 12.4. The van der Waals surface area contributed by atoms with Crippen molar-refractivity contribution >= 4 is 11.7 Å². The lowest BCUT2D eigenvalue weighted by molar-refractivity contribution is -0.132. The number of hydrogen-bond donors (Lipinski definition) is 0. The minimum Gasteiger partial charge on any atom is -0.454 e. The van der Waals surface area contributed by atoms with Gasteiger partial charge < -0.3 is 14.4 Å². The number of rotatable bonds is 4. The summed E-state index contributed by atoms with van der Waals surface area (Å²) in [6.45, 7) is 1.94. The lowest BCUT2D eigenvalue weighted by atomic mass is 10.0. The van der Waals surface area contributed by atoms with Crippen molar-refractivity contribution in [3.8, 4) is 11.5 Å². The molecule has 1 aromatic rings. The van der Waals surface area contributed by atoms with Crippen molar-refractivity contribution in [2.24, 2.45) is 5.92 Å². The number of Topliss-reactive ketones (excluding diaryl/α,β-unsaturated/α-hetero) is 1. The molecule has 0 N–H and O–H groups in total. The van der Waals surface area contributed by atoms with Crippen LogP contribution in [0, 0.1) is 5.92 Å². The van der Waals surface area contributed by atoms with E-state index in [2.05, 4.69) is 0 Å². The number of amides is 1. The summed E-state index contributed by atoms with van der Waals surface area (Å²) in [5, 5.41) is 0. The number of benzene rings is 1. The highest BCUT2D eigenvalue weighted by Gasteiger charge is 2.35. The van der Waals surface area contributed by atoms with Gasteiger partial charge in [0.05, 0.1) is 6.04 Å². The molecule has 0 aromatic heterocycles. The summed E-state index contributed by atoms with van der Waals surface area (Å²) in [5.41, 5.74) is 0.539. The fourth-order valence-electron chi connectivity index (χ4n) is 2.28. The fourth-order valence-corrected chi connectivity index (χ4v) is 2.28. The molecule has 1 aliphatic carbocycles. The Morgan fingerprint density at radius 3 is 2.65 bits per heavy atom. The van der Waals surface area contributed by atoms with E-state index in [0.717, 1.165) is 12.8 Å². The molecule has 106 valence electrons. The number of ketones is 1. The summed E-state index contributed by atoms with van der Waals surface area (Å²) in [5.74, 6) is 1.33. The summed E-state index contributed by atoms with van der Waals surface area (Å²) in [6.07, 6.45) is 1.88. The molecular weight excluding hydrogens is 258 g/mol. The van der Waals surface area contributed by atoms with Crippen LogP contribution in [0.4, 0.5) is 0 Å². The number of fused-ring (bicyclic) bond motifs is 1. The molecule has 0 spiro atoms. The Balaban J connectivity index is 1.75. The molecule has 0 bridgehead atoms. The highest BCUT2D eigenvalue weighted by Crippen LogP contribution is 2.34. The van der Waals surface area contributed by atoms with Crippen LogP contribution < -0.4 is 9.47 Å². The molecule has 1 aliphatic heterocycles. The van der Waals surface area contributed by atoms with Crippen LogP contribution >= 0.6 is 0 Å². The number of ether oxygens (including phenoxy) is 2. The van der Waals surface area contributed by atoms with Crippen molar-refractivity contribution in [1.29, 1.82) is 0 Å². The molecule has 1 saturated carbocycles. The number of carbonyl (C=O) groups is 2. The zero-order chi connectivity index (χ0) is 14.3. The lowest BCUT2D eigenvalue weighted by Crippen LogP contribution is -2.41. The van der Waals surface area contributed by atoms with Gasteiger partial charge in [-0.2, -0.15) is 0 Å². The Morgan fingerprint density at radius 1 is 1.25 bits per heavy atom. The van der Waals surface area contributed by atoms with Gasteiger partial charge in [0.15, 0.2) is 17.3 Å². The maximum atomic E-state index is 12.4. The van der Waals surface area contributed by atoms with E-state index >= 15 is 0 Å². The standard InChI is InChI=1S/C15H17NO4/c1-9(16(2)15(18)10-3-4-10)14(17)11-5-6-12-13(7-11)20-8-19-12/h5-7,9-10H,3-4,8H2,1-2H3/t9-/m0/s1. The zero-order valence-electron chi connectivity index (χ0n) is 11.6. The summed E-state index contributed by atoms with van der Waals surface area (Å²) in [4.78, 5) is 26.0. The number of likely N-dealkylation sites (N-methyl/N-ethyl adjacent to an activating group) is 1. The minimum atomic E-state index is -0.469. The second kappa shape index (κ2) is 4.81. The Morgan fingerprint density at radius 2 is 1.95 bits per heavy atom. The SMILES string of the molecule is C[C@@H](C(=O)c1ccc2c(c1)OCO2)N(C)C(=O)C1CC1. The molecule has 1 aromatic carbocycles. The van der Waals surface area contributed by atoms with Gasteiger partial charge in [-0.15, -0.1) is 0 Å². The second-order valence-electron chi connectivity index (χ2n) is 5.33. The van der Waals surface area contributed by atoms with Crippen LogP contribution in [-0.2, 0) is 4.79 Å². The first-order valence-corrected chi connectivity index (χ1v) is 6.78.